The molecule has 4 aromatic rings. The summed E-state index contributed by atoms with van der Waals surface area (Å²) < 4.78 is 101. The molecule has 0 spiro atoms. The van der Waals surface area contributed by atoms with Gasteiger partial charge in [-0.15, -0.1) is 10.2 Å². The van der Waals surface area contributed by atoms with Crippen molar-refractivity contribution in [3.63, 3.8) is 0 Å². The lowest BCUT2D eigenvalue weighted by atomic mass is 10.1. The van der Waals surface area contributed by atoms with E-state index in [1.165, 1.54) is 24.3 Å². The third-order valence-corrected chi connectivity index (χ3v) is 8.12. The van der Waals surface area contributed by atoms with Crippen LogP contribution in [0.25, 0.3) is 10.8 Å². The first-order valence-corrected chi connectivity index (χ1v) is 15.3. The molecule has 0 atom stereocenters. The number of nitrogens with one attached hydrogen (secondary N) is 1. The minimum atomic E-state index is -5.02. The smallest absolute Gasteiger partial charge is 0.296 e. The van der Waals surface area contributed by atoms with E-state index in [-0.39, 0.29) is 27.7 Å². The zero-order chi connectivity index (χ0) is 29.5. The molecule has 0 saturated carbocycles. The van der Waals surface area contributed by atoms with Gasteiger partial charge in [-0.2, -0.15) is 25.3 Å². The molecule has 0 saturated heterocycles. The van der Waals surface area contributed by atoms with Gasteiger partial charge in [0.15, 0.2) is 0 Å². The number of azo groups is 1. The molecule has 0 unspecified atom stereocenters. The third-order valence-electron chi connectivity index (χ3n) is 5.52. The predicted molar refractivity (Wildman–Crippen MR) is 143 cm³/mol. The summed E-state index contributed by atoms with van der Waals surface area (Å²) in [5.74, 6) is -0.672. The lowest BCUT2D eigenvalue weighted by Crippen LogP contribution is -2.13. The summed E-state index contributed by atoms with van der Waals surface area (Å²) in [7, 11) is -14.6. The van der Waals surface area contributed by atoms with Crippen molar-refractivity contribution in [3.8, 4) is 0 Å². The van der Waals surface area contributed by atoms with Gasteiger partial charge in [0, 0.05) is 10.9 Å². The largest absolute Gasteiger partial charge is 0.321 e. The summed E-state index contributed by atoms with van der Waals surface area (Å²) in [6.45, 7) is 1.56. The number of carbonyl (C=O) groups is 1. The number of hydrogen-bond donors (Lipinski definition) is 4. The van der Waals surface area contributed by atoms with Crippen LogP contribution in [0.3, 0.4) is 0 Å². The molecule has 13 nitrogen and oxygen atoms in total. The Morgan fingerprint density at radius 3 is 1.90 bits per heavy atom. The summed E-state index contributed by atoms with van der Waals surface area (Å²) in [6.07, 6.45) is 0. The Morgan fingerprint density at radius 1 is 0.700 bits per heavy atom. The number of aryl methyl sites for hydroxylation is 1. The lowest BCUT2D eigenvalue weighted by Gasteiger charge is -2.13. The van der Waals surface area contributed by atoms with Crippen molar-refractivity contribution in [3.05, 3.63) is 83.9 Å². The average Bonchev–Trinajstić information content (AvgIpc) is 2.86. The van der Waals surface area contributed by atoms with Crippen LogP contribution in [-0.2, 0) is 30.4 Å². The molecule has 4 N–H and O–H groups in total. The number of fused-ring (bicyclic) bond motifs is 1. The molecular weight excluding hydrogens is 586 g/mol. The van der Waals surface area contributed by atoms with Crippen LogP contribution >= 0.6 is 0 Å². The number of anilines is 1. The lowest BCUT2D eigenvalue weighted by molar-refractivity contribution is 0.102. The minimum absolute atomic E-state index is 0.0249. The molecule has 0 heterocycles. The second-order valence-electron chi connectivity index (χ2n) is 8.43. The molecule has 208 valence electrons. The van der Waals surface area contributed by atoms with E-state index >= 15 is 0 Å². The topological polar surface area (TPSA) is 217 Å². The van der Waals surface area contributed by atoms with Crippen molar-refractivity contribution in [2.45, 2.75) is 21.6 Å². The minimum Gasteiger partial charge on any atom is -0.321 e. The molecule has 16 heteroatoms. The van der Waals surface area contributed by atoms with E-state index in [0.29, 0.717) is 5.56 Å². The van der Waals surface area contributed by atoms with Gasteiger partial charge in [-0.1, -0.05) is 24.3 Å². The van der Waals surface area contributed by atoms with Gasteiger partial charge in [-0.3, -0.25) is 18.5 Å². The Hall–Kier alpha value is -4.06. The number of amides is 1. The highest BCUT2D eigenvalue weighted by Crippen LogP contribution is 2.37. The summed E-state index contributed by atoms with van der Waals surface area (Å²) in [4.78, 5) is 10.7. The van der Waals surface area contributed by atoms with Gasteiger partial charge in [0.25, 0.3) is 36.3 Å². The van der Waals surface area contributed by atoms with Crippen molar-refractivity contribution in [1.29, 1.82) is 0 Å². The fraction of sp³-hybridized carbons (Fsp3) is 0.0417. The van der Waals surface area contributed by atoms with E-state index in [1.807, 2.05) is 0 Å². The molecule has 0 aromatic heterocycles. The summed E-state index contributed by atoms with van der Waals surface area (Å²) in [5, 5.41) is 9.91. The van der Waals surface area contributed by atoms with Gasteiger partial charge < -0.3 is 5.32 Å². The van der Waals surface area contributed by atoms with E-state index < -0.39 is 56.6 Å². The van der Waals surface area contributed by atoms with Crippen molar-refractivity contribution in [2.24, 2.45) is 10.2 Å². The second kappa shape index (κ2) is 10.5. The molecule has 0 aliphatic carbocycles. The van der Waals surface area contributed by atoms with Crippen molar-refractivity contribution < 1.29 is 43.7 Å². The molecule has 40 heavy (non-hydrogen) atoms. The SMILES string of the molecule is Cc1ccc(/N=N/c2cc3c(NC(=O)c4ccccc4)cc(S(=O)(=O)O)cc3cc2S(=O)(=O)O)c(S(=O)(=O)O)c1. The average molecular weight is 606 g/mol. The van der Waals surface area contributed by atoms with Crippen LogP contribution < -0.4 is 5.32 Å². The summed E-state index contributed by atoms with van der Waals surface area (Å²) in [5.41, 5.74) is -0.393. The van der Waals surface area contributed by atoms with E-state index in [0.717, 1.165) is 30.3 Å². The first-order valence-electron chi connectivity index (χ1n) is 11.0. The highest BCUT2D eigenvalue weighted by molar-refractivity contribution is 7.86. The molecule has 0 radical (unpaired) electrons. The molecule has 0 bridgehead atoms. The number of benzene rings is 4. The Balaban J connectivity index is 1.97. The maximum absolute atomic E-state index is 12.8. The van der Waals surface area contributed by atoms with E-state index in [1.54, 1.807) is 25.1 Å². The first-order chi connectivity index (χ1) is 18.5. The predicted octanol–water partition coefficient (Wildman–Crippen LogP) is 4.56. The number of nitrogens with zero attached hydrogens (tertiary/aromatic N) is 2. The molecule has 0 aliphatic rings. The molecule has 1 amide bonds. The van der Waals surface area contributed by atoms with Crippen LogP contribution in [0.4, 0.5) is 17.1 Å². The quantitative estimate of drug-likeness (QED) is 0.170. The van der Waals surface area contributed by atoms with Gasteiger partial charge in [0.05, 0.1) is 10.6 Å². The molecule has 0 fully saturated rings. The maximum atomic E-state index is 12.8. The maximum Gasteiger partial charge on any atom is 0.296 e. The van der Waals surface area contributed by atoms with Crippen LogP contribution in [0.15, 0.2) is 97.7 Å². The Bertz CT molecular complexity index is 2030. The number of carbonyl (C=O) groups excluding carboxylic acids is 1. The van der Waals surface area contributed by atoms with Gasteiger partial charge in [-0.05, 0) is 66.4 Å². The fourth-order valence-electron chi connectivity index (χ4n) is 3.69. The molecule has 4 aromatic carbocycles. The summed E-state index contributed by atoms with van der Waals surface area (Å²) in [6, 6.07) is 15.3. The van der Waals surface area contributed by atoms with Crippen LogP contribution in [0.1, 0.15) is 15.9 Å². The standard InChI is InChI=1S/C24H19N3O10S3/c1-14-7-8-19(22(9-14)39(32,33)34)26-27-21-13-18-16(11-23(21)40(35,36)37)10-17(38(29,30)31)12-20(18)25-24(28)15-5-3-2-4-6-15/h2-13H,1H3,(H,25,28)(H,29,30,31)(H,32,33,34)(H,35,36,37)/b27-26+. The molecular formula is C24H19N3O10S3. The Morgan fingerprint density at radius 2 is 1.30 bits per heavy atom. The third kappa shape index (κ3) is 6.39. The van der Waals surface area contributed by atoms with Crippen LogP contribution in [0.5, 0.6) is 0 Å². The fourth-order valence-corrected chi connectivity index (χ4v) is 5.58. The highest BCUT2D eigenvalue weighted by Gasteiger charge is 2.22. The second-order valence-corrected chi connectivity index (χ2v) is 12.6. The van der Waals surface area contributed by atoms with E-state index in [4.69, 9.17) is 0 Å². The van der Waals surface area contributed by atoms with Gasteiger partial charge in [-0.25, -0.2) is 0 Å². The van der Waals surface area contributed by atoms with Crippen molar-refractivity contribution in [1.82, 2.24) is 0 Å². The normalized spacial score (nSPS) is 12.6. The highest BCUT2D eigenvalue weighted by atomic mass is 32.2. The molecule has 4 rings (SSSR count). The number of hydrogen-bond acceptors (Lipinski definition) is 9. The van der Waals surface area contributed by atoms with Gasteiger partial charge in [0.1, 0.15) is 21.2 Å². The van der Waals surface area contributed by atoms with Gasteiger partial charge >= 0.3 is 0 Å². The van der Waals surface area contributed by atoms with Crippen LogP contribution in [-0.4, -0.2) is 44.8 Å². The van der Waals surface area contributed by atoms with Crippen LogP contribution in [0.2, 0.25) is 0 Å². The zero-order valence-electron chi connectivity index (χ0n) is 20.2. The van der Waals surface area contributed by atoms with E-state index in [9.17, 15) is 43.7 Å². The van der Waals surface area contributed by atoms with Crippen molar-refractivity contribution in [2.75, 3.05) is 5.32 Å². The Kier molecular flexibility index (Phi) is 7.59. The van der Waals surface area contributed by atoms with Crippen molar-refractivity contribution >= 4 is 64.1 Å². The number of rotatable bonds is 7. The first kappa shape index (κ1) is 28.9. The molecule has 0 aliphatic heterocycles. The monoisotopic (exact) mass is 605 g/mol. The Labute approximate surface area is 228 Å². The van der Waals surface area contributed by atoms with Gasteiger partial charge in [0.2, 0.25) is 0 Å². The zero-order valence-corrected chi connectivity index (χ0v) is 22.7. The summed E-state index contributed by atoms with van der Waals surface area (Å²) >= 11 is 0. The van der Waals surface area contributed by atoms with E-state index in [2.05, 4.69) is 15.5 Å². The van der Waals surface area contributed by atoms with Crippen LogP contribution in [0, 0.1) is 6.92 Å².